The van der Waals surface area contributed by atoms with Gasteiger partial charge in [-0.2, -0.15) is 0 Å². The van der Waals surface area contributed by atoms with E-state index in [-0.39, 0.29) is 11.8 Å². The van der Waals surface area contributed by atoms with Crippen molar-refractivity contribution in [3.05, 3.63) is 23.8 Å². The van der Waals surface area contributed by atoms with Gasteiger partial charge in [-0.05, 0) is 24.5 Å². The van der Waals surface area contributed by atoms with Crippen LogP contribution in [0, 0.1) is 11.8 Å². The molecular formula is C20H33N2O3+. The third-order valence-electron chi connectivity index (χ3n) is 5.01. The lowest BCUT2D eigenvalue weighted by Crippen LogP contribution is -3.11. The van der Waals surface area contributed by atoms with Gasteiger partial charge in [0.15, 0.2) is 11.5 Å². The Morgan fingerprint density at radius 1 is 1.24 bits per heavy atom. The Morgan fingerprint density at radius 2 is 1.96 bits per heavy atom. The van der Waals surface area contributed by atoms with Gasteiger partial charge in [-0.1, -0.05) is 19.9 Å². The molecule has 1 heterocycles. The van der Waals surface area contributed by atoms with Crippen LogP contribution in [0.3, 0.4) is 0 Å². The molecule has 0 aromatic heterocycles. The lowest BCUT2D eigenvalue weighted by Gasteiger charge is -2.29. The summed E-state index contributed by atoms with van der Waals surface area (Å²) in [4.78, 5) is 13.8. The maximum Gasteiger partial charge on any atom is 0.223 e. The van der Waals surface area contributed by atoms with Gasteiger partial charge in [0.05, 0.1) is 32.9 Å². The molecule has 0 saturated carbocycles. The number of likely N-dealkylation sites (tertiary alicyclic amines) is 1. The second-order valence-corrected chi connectivity index (χ2v) is 7.33. The van der Waals surface area contributed by atoms with Crippen LogP contribution in [0.5, 0.6) is 11.5 Å². The second kappa shape index (κ2) is 9.66. The summed E-state index contributed by atoms with van der Waals surface area (Å²) in [6, 6.07) is 6.02. The number of carbonyl (C=O) groups is 1. The van der Waals surface area contributed by atoms with E-state index in [0.717, 1.165) is 62.5 Å². The highest BCUT2D eigenvalue weighted by molar-refractivity contribution is 5.78. The fraction of sp³-hybridized carbons (Fsp3) is 0.650. The fourth-order valence-corrected chi connectivity index (χ4v) is 3.46. The van der Waals surface area contributed by atoms with E-state index < -0.39 is 0 Å². The lowest BCUT2D eigenvalue weighted by atomic mass is 9.95. The minimum atomic E-state index is 0.170. The van der Waals surface area contributed by atoms with Crippen LogP contribution in [0.25, 0.3) is 0 Å². The van der Waals surface area contributed by atoms with Crippen molar-refractivity contribution >= 4 is 5.91 Å². The summed E-state index contributed by atoms with van der Waals surface area (Å²) in [6.07, 6.45) is 2.95. The number of ether oxygens (including phenoxy) is 2. The first-order chi connectivity index (χ1) is 12.0. The quantitative estimate of drug-likeness (QED) is 0.750. The molecule has 0 aliphatic carbocycles. The predicted molar refractivity (Wildman–Crippen MR) is 99.1 cm³/mol. The number of hydrogen-bond acceptors (Lipinski definition) is 3. The summed E-state index contributed by atoms with van der Waals surface area (Å²) in [7, 11) is 3.35. The molecular weight excluding hydrogens is 316 g/mol. The Hall–Kier alpha value is -1.75. The minimum Gasteiger partial charge on any atom is -0.493 e. The van der Waals surface area contributed by atoms with Gasteiger partial charge >= 0.3 is 0 Å². The Kier molecular flexibility index (Phi) is 7.56. The molecule has 25 heavy (non-hydrogen) atoms. The Bertz CT molecular complexity index is 552. The fourth-order valence-electron chi connectivity index (χ4n) is 3.46. The maximum absolute atomic E-state index is 12.3. The molecule has 0 bridgehead atoms. The van der Waals surface area contributed by atoms with Gasteiger partial charge in [-0.15, -0.1) is 0 Å². The number of rotatable bonds is 8. The van der Waals surface area contributed by atoms with Gasteiger partial charge in [0.2, 0.25) is 5.91 Å². The minimum absolute atomic E-state index is 0.170. The topological polar surface area (TPSA) is 52.0 Å². The van der Waals surface area contributed by atoms with E-state index >= 15 is 0 Å². The summed E-state index contributed by atoms with van der Waals surface area (Å²) in [5.41, 5.74) is 1.16. The molecule has 1 aliphatic heterocycles. The van der Waals surface area contributed by atoms with Crippen molar-refractivity contribution in [3.63, 3.8) is 0 Å². The number of para-hydroxylation sites is 1. The van der Waals surface area contributed by atoms with Crippen molar-refractivity contribution in [1.29, 1.82) is 0 Å². The molecule has 1 amide bonds. The number of hydrogen-bond donors (Lipinski definition) is 2. The van der Waals surface area contributed by atoms with Crippen LogP contribution in [0.1, 0.15) is 38.7 Å². The Balaban J connectivity index is 1.84. The van der Waals surface area contributed by atoms with Crippen LogP contribution in [0.2, 0.25) is 0 Å². The van der Waals surface area contributed by atoms with E-state index in [1.807, 2.05) is 12.1 Å². The standard InChI is InChI=1S/C20H32N2O3/c1-15(2)8-11-21-20(23)16-9-12-22(13-10-16)14-17-6-5-7-18(24-3)19(17)25-4/h5-7,15-16H,8-14H2,1-4H3,(H,21,23)/p+1. The first kappa shape index (κ1) is 19.6. The monoisotopic (exact) mass is 349 g/mol. The molecule has 0 radical (unpaired) electrons. The summed E-state index contributed by atoms with van der Waals surface area (Å²) >= 11 is 0. The molecule has 5 heteroatoms. The number of carbonyl (C=O) groups excluding carboxylic acids is 1. The summed E-state index contributed by atoms with van der Waals surface area (Å²) in [5, 5.41) is 3.10. The van der Waals surface area contributed by atoms with Crippen molar-refractivity contribution in [3.8, 4) is 11.5 Å². The molecule has 1 aromatic rings. The van der Waals surface area contributed by atoms with Crippen LogP contribution >= 0.6 is 0 Å². The average molecular weight is 349 g/mol. The third kappa shape index (κ3) is 5.63. The predicted octanol–water partition coefficient (Wildman–Crippen LogP) is 1.66. The molecule has 2 rings (SSSR count). The number of methoxy groups -OCH3 is 2. The smallest absolute Gasteiger partial charge is 0.223 e. The molecule has 0 unspecified atom stereocenters. The van der Waals surface area contributed by atoms with E-state index in [4.69, 9.17) is 9.47 Å². The largest absolute Gasteiger partial charge is 0.493 e. The SMILES string of the molecule is COc1cccc(C[NH+]2CCC(C(=O)NCCC(C)C)CC2)c1OC. The van der Waals surface area contributed by atoms with E-state index in [1.54, 1.807) is 14.2 Å². The summed E-state index contributed by atoms with van der Waals surface area (Å²) < 4.78 is 10.9. The van der Waals surface area contributed by atoms with Crippen LogP contribution in [-0.2, 0) is 11.3 Å². The molecule has 2 N–H and O–H groups in total. The van der Waals surface area contributed by atoms with Gasteiger partial charge in [0.1, 0.15) is 6.54 Å². The molecule has 1 fully saturated rings. The van der Waals surface area contributed by atoms with E-state index in [9.17, 15) is 4.79 Å². The number of piperidine rings is 1. The molecule has 1 aliphatic rings. The molecule has 0 atom stereocenters. The summed E-state index contributed by atoms with van der Waals surface area (Å²) in [5.74, 6) is 2.64. The zero-order valence-electron chi connectivity index (χ0n) is 16.1. The molecule has 1 aromatic carbocycles. The Morgan fingerprint density at radius 3 is 2.56 bits per heavy atom. The van der Waals surface area contributed by atoms with Gasteiger partial charge in [0, 0.05) is 25.3 Å². The second-order valence-electron chi connectivity index (χ2n) is 7.33. The molecule has 0 spiro atoms. The zero-order chi connectivity index (χ0) is 18.2. The number of amides is 1. The van der Waals surface area contributed by atoms with Crippen molar-refractivity contribution in [2.24, 2.45) is 11.8 Å². The lowest BCUT2D eigenvalue weighted by molar-refractivity contribution is -0.919. The Labute approximate surface area is 151 Å². The third-order valence-corrected chi connectivity index (χ3v) is 5.01. The van der Waals surface area contributed by atoms with E-state index in [2.05, 4.69) is 25.2 Å². The highest BCUT2D eigenvalue weighted by Crippen LogP contribution is 2.30. The van der Waals surface area contributed by atoms with Crippen LogP contribution in [-0.4, -0.2) is 39.8 Å². The van der Waals surface area contributed by atoms with Gasteiger partial charge in [-0.25, -0.2) is 0 Å². The van der Waals surface area contributed by atoms with Crippen LogP contribution in [0.15, 0.2) is 18.2 Å². The number of nitrogens with one attached hydrogen (secondary N) is 2. The van der Waals surface area contributed by atoms with Crippen molar-refractivity contribution in [2.75, 3.05) is 33.9 Å². The van der Waals surface area contributed by atoms with E-state index in [0.29, 0.717) is 5.92 Å². The molecule has 5 nitrogen and oxygen atoms in total. The average Bonchev–Trinajstić information content (AvgIpc) is 2.61. The first-order valence-corrected chi connectivity index (χ1v) is 9.36. The van der Waals surface area contributed by atoms with Crippen LogP contribution in [0.4, 0.5) is 0 Å². The number of quaternary nitrogens is 1. The number of benzene rings is 1. The van der Waals surface area contributed by atoms with Gasteiger partial charge in [0.25, 0.3) is 0 Å². The van der Waals surface area contributed by atoms with Crippen molar-refractivity contribution < 1.29 is 19.2 Å². The van der Waals surface area contributed by atoms with Crippen molar-refractivity contribution in [1.82, 2.24) is 5.32 Å². The van der Waals surface area contributed by atoms with Gasteiger partial charge < -0.3 is 19.7 Å². The van der Waals surface area contributed by atoms with Crippen LogP contribution < -0.4 is 19.7 Å². The highest BCUT2D eigenvalue weighted by Gasteiger charge is 2.28. The maximum atomic E-state index is 12.3. The summed E-state index contributed by atoms with van der Waals surface area (Å²) in [6.45, 7) is 8.10. The van der Waals surface area contributed by atoms with Gasteiger partial charge in [-0.3, -0.25) is 4.79 Å². The van der Waals surface area contributed by atoms with Crippen molar-refractivity contribution in [2.45, 2.75) is 39.7 Å². The first-order valence-electron chi connectivity index (χ1n) is 9.36. The molecule has 1 saturated heterocycles. The highest BCUT2D eigenvalue weighted by atomic mass is 16.5. The zero-order valence-corrected chi connectivity index (χ0v) is 16.1. The van der Waals surface area contributed by atoms with E-state index in [1.165, 1.54) is 4.90 Å². The molecule has 140 valence electrons. The normalized spacial score (nSPS) is 20.4.